The van der Waals surface area contributed by atoms with E-state index >= 15 is 0 Å². The molecule has 0 atom stereocenters. The summed E-state index contributed by atoms with van der Waals surface area (Å²) in [5.41, 5.74) is 1.13. The lowest BCUT2D eigenvalue weighted by Crippen LogP contribution is -2.41. The van der Waals surface area contributed by atoms with Gasteiger partial charge in [0.05, 0.1) is 40.6 Å². The molecule has 5 nitrogen and oxygen atoms in total. The first-order chi connectivity index (χ1) is 13.0. The molecule has 142 valence electrons. The third kappa shape index (κ3) is 3.18. The minimum absolute atomic E-state index is 0.295. The maximum absolute atomic E-state index is 13.1. The molecule has 2 aromatic rings. The zero-order valence-electron chi connectivity index (χ0n) is 14.2. The van der Waals surface area contributed by atoms with E-state index in [2.05, 4.69) is 0 Å². The second-order valence-corrected chi connectivity index (χ2v) is 7.35. The standard InChI is InChI=1S/C19H16Cl3NO4/c20-13-4-1-2-5-15(13)25-9-3-8-23-17-12(6-7-14(21)16(17)22)19(18(23)24)26-10-11-27-19/h1-2,4-7H,3,8-11H2. The first kappa shape index (κ1) is 18.8. The second kappa shape index (κ2) is 7.49. The lowest BCUT2D eigenvalue weighted by molar-refractivity contribution is -0.180. The van der Waals surface area contributed by atoms with Crippen LogP contribution < -0.4 is 9.64 Å². The van der Waals surface area contributed by atoms with Gasteiger partial charge >= 0.3 is 0 Å². The van der Waals surface area contributed by atoms with Gasteiger partial charge in [-0.25, -0.2) is 0 Å². The van der Waals surface area contributed by atoms with E-state index in [0.717, 1.165) is 0 Å². The van der Waals surface area contributed by atoms with Crippen LogP contribution in [0.4, 0.5) is 5.69 Å². The molecule has 4 rings (SSSR count). The van der Waals surface area contributed by atoms with E-state index in [-0.39, 0.29) is 5.91 Å². The zero-order chi connectivity index (χ0) is 19.0. The number of anilines is 1. The highest BCUT2D eigenvalue weighted by atomic mass is 35.5. The van der Waals surface area contributed by atoms with E-state index in [0.29, 0.717) is 64.9 Å². The normalized spacial score (nSPS) is 17.6. The van der Waals surface area contributed by atoms with Gasteiger partial charge in [-0.1, -0.05) is 46.9 Å². The lowest BCUT2D eigenvalue weighted by atomic mass is 10.1. The molecule has 2 aliphatic heterocycles. The van der Waals surface area contributed by atoms with Gasteiger partial charge in [-0.05, 0) is 30.7 Å². The van der Waals surface area contributed by atoms with Gasteiger partial charge in [0.1, 0.15) is 5.75 Å². The molecule has 0 unspecified atom stereocenters. The summed E-state index contributed by atoms with van der Waals surface area (Å²) in [6.07, 6.45) is 0.565. The summed E-state index contributed by atoms with van der Waals surface area (Å²) in [5.74, 6) is -1.11. The van der Waals surface area contributed by atoms with Crippen LogP contribution in [0.25, 0.3) is 0 Å². The molecule has 0 saturated carbocycles. The van der Waals surface area contributed by atoms with Gasteiger partial charge in [0.25, 0.3) is 11.7 Å². The summed E-state index contributed by atoms with van der Waals surface area (Å²) in [4.78, 5) is 14.6. The SMILES string of the molecule is O=C1N(CCCOc2ccccc2Cl)c2c(ccc(Cl)c2Cl)C12OCCO2. The maximum Gasteiger partial charge on any atom is 0.292 e. The van der Waals surface area contributed by atoms with Crippen molar-refractivity contribution < 1.29 is 19.0 Å². The third-order valence-electron chi connectivity index (χ3n) is 4.53. The van der Waals surface area contributed by atoms with Crippen LogP contribution in [0.3, 0.4) is 0 Å². The number of amides is 1. The fourth-order valence-corrected chi connectivity index (χ4v) is 3.94. The van der Waals surface area contributed by atoms with Gasteiger partial charge in [0.15, 0.2) is 0 Å². The smallest absolute Gasteiger partial charge is 0.292 e. The first-order valence-electron chi connectivity index (χ1n) is 8.50. The van der Waals surface area contributed by atoms with Crippen molar-refractivity contribution in [2.24, 2.45) is 0 Å². The highest BCUT2D eigenvalue weighted by molar-refractivity contribution is 6.44. The Morgan fingerprint density at radius 3 is 2.52 bits per heavy atom. The second-order valence-electron chi connectivity index (χ2n) is 6.16. The molecule has 2 heterocycles. The van der Waals surface area contributed by atoms with Crippen LogP contribution in [-0.4, -0.2) is 32.3 Å². The molecule has 0 bridgehead atoms. The summed E-state index contributed by atoms with van der Waals surface area (Å²) < 4.78 is 17.1. The molecular weight excluding hydrogens is 413 g/mol. The minimum Gasteiger partial charge on any atom is -0.492 e. The molecule has 27 heavy (non-hydrogen) atoms. The molecule has 0 aliphatic carbocycles. The molecule has 8 heteroatoms. The Hall–Kier alpha value is -1.50. The molecule has 0 aromatic heterocycles. The van der Waals surface area contributed by atoms with Crippen molar-refractivity contribution in [3.05, 3.63) is 57.0 Å². The fourth-order valence-electron chi connectivity index (χ4n) is 3.34. The number of ether oxygens (including phenoxy) is 3. The highest BCUT2D eigenvalue weighted by Crippen LogP contribution is 2.50. The van der Waals surface area contributed by atoms with Crippen LogP contribution >= 0.6 is 34.8 Å². The van der Waals surface area contributed by atoms with Crippen LogP contribution in [0.15, 0.2) is 36.4 Å². The summed E-state index contributed by atoms with van der Waals surface area (Å²) in [6, 6.07) is 10.6. The van der Waals surface area contributed by atoms with Crippen molar-refractivity contribution in [2.75, 3.05) is 31.3 Å². The Labute approximate surface area is 171 Å². The summed E-state index contributed by atoms with van der Waals surface area (Å²) >= 11 is 18.7. The van der Waals surface area contributed by atoms with E-state index in [1.807, 2.05) is 12.1 Å². The van der Waals surface area contributed by atoms with Gasteiger partial charge in [0, 0.05) is 12.1 Å². The molecule has 1 fully saturated rings. The predicted molar refractivity (Wildman–Crippen MR) is 104 cm³/mol. The lowest BCUT2D eigenvalue weighted by Gasteiger charge is -2.22. The number of rotatable bonds is 5. The van der Waals surface area contributed by atoms with Crippen molar-refractivity contribution in [1.82, 2.24) is 0 Å². The van der Waals surface area contributed by atoms with Crippen LogP contribution in [0.1, 0.15) is 12.0 Å². The maximum atomic E-state index is 13.1. The van der Waals surface area contributed by atoms with Crippen molar-refractivity contribution >= 4 is 46.4 Å². The highest BCUT2D eigenvalue weighted by Gasteiger charge is 2.56. The number of nitrogens with zero attached hydrogens (tertiary/aromatic N) is 1. The van der Waals surface area contributed by atoms with Gasteiger partial charge in [-0.2, -0.15) is 0 Å². The molecule has 2 aromatic carbocycles. The van der Waals surface area contributed by atoms with E-state index in [9.17, 15) is 4.79 Å². The van der Waals surface area contributed by atoms with Crippen LogP contribution in [-0.2, 0) is 20.1 Å². The number of carbonyl (C=O) groups is 1. The van der Waals surface area contributed by atoms with E-state index < -0.39 is 5.79 Å². The molecule has 0 N–H and O–H groups in total. The number of fused-ring (bicyclic) bond motifs is 2. The average Bonchev–Trinajstić information content (AvgIpc) is 3.24. The van der Waals surface area contributed by atoms with Crippen LogP contribution in [0.5, 0.6) is 5.75 Å². The van der Waals surface area contributed by atoms with Crippen molar-refractivity contribution in [2.45, 2.75) is 12.2 Å². The molecule has 1 spiro atoms. The first-order valence-corrected chi connectivity index (χ1v) is 9.63. The number of hydrogen-bond donors (Lipinski definition) is 0. The fraction of sp³-hybridized carbons (Fsp3) is 0.316. The van der Waals surface area contributed by atoms with E-state index in [4.69, 9.17) is 49.0 Å². The number of benzene rings is 2. The van der Waals surface area contributed by atoms with Crippen LogP contribution in [0, 0.1) is 0 Å². The molecular formula is C19H16Cl3NO4. The van der Waals surface area contributed by atoms with Gasteiger partial charge in [0.2, 0.25) is 0 Å². The van der Waals surface area contributed by atoms with Gasteiger partial charge in [-0.3, -0.25) is 4.79 Å². The number of halogens is 3. The summed E-state index contributed by atoms with van der Waals surface area (Å²) in [7, 11) is 0. The van der Waals surface area contributed by atoms with Crippen LogP contribution in [0.2, 0.25) is 15.1 Å². The topological polar surface area (TPSA) is 48.0 Å². The Morgan fingerprint density at radius 1 is 1.04 bits per heavy atom. The Balaban J connectivity index is 1.52. The van der Waals surface area contributed by atoms with Gasteiger partial charge in [-0.15, -0.1) is 0 Å². The van der Waals surface area contributed by atoms with Crippen molar-refractivity contribution in [3.8, 4) is 5.75 Å². The Kier molecular flexibility index (Phi) is 5.23. The Morgan fingerprint density at radius 2 is 1.78 bits per heavy atom. The molecule has 1 saturated heterocycles. The van der Waals surface area contributed by atoms with Crippen molar-refractivity contribution in [3.63, 3.8) is 0 Å². The Bertz CT molecular complexity index is 883. The third-order valence-corrected chi connectivity index (χ3v) is 5.64. The van der Waals surface area contributed by atoms with E-state index in [1.54, 1.807) is 29.2 Å². The van der Waals surface area contributed by atoms with E-state index in [1.165, 1.54) is 0 Å². The molecule has 2 aliphatic rings. The van der Waals surface area contributed by atoms with Gasteiger partial charge < -0.3 is 19.1 Å². The van der Waals surface area contributed by atoms with Crippen molar-refractivity contribution in [1.29, 1.82) is 0 Å². The largest absolute Gasteiger partial charge is 0.492 e. The zero-order valence-corrected chi connectivity index (χ0v) is 16.5. The predicted octanol–water partition coefficient (Wildman–Crippen LogP) is 4.66. The number of carbonyl (C=O) groups excluding carboxylic acids is 1. The number of para-hydroxylation sites is 1. The summed E-state index contributed by atoms with van der Waals surface area (Å²) in [5, 5.41) is 1.22. The quantitative estimate of drug-likeness (QED) is 0.650. The monoisotopic (exact) mass is 427 g/mol. The summed E-state index contributed by atoms with van der Waals surface area (Å²) in [6.45, 7) is 1.45. The minimum atomic E-state index is -1.42. The average molecular weight is 429 g/mol. The molecule has 1 amide bonds. The number of hydrogen-bond acceptors (Lipinski definition) is 4. The molecule has 0 radical (unpaired) electrons.